The van der Waals surface area contributed by atoms with E-state index in [0.29, 0.717) is 30.9 Å². The number of hydrogen-bond acceptors (Lipinski definition) is 3. The number of methoxy groups -OCH3 is 1. The molecule has 0 saturated heterocycles. The molecule has 0 bridgehead atoms. The highest BCUT2D eigenvalue weighted by atomic mass is 16.5. The van der Waals surface area contributed by atoms with Gasteiger partial charge in [0.15, 0.2) is 0 Å². The topological polar surface area (TPSA) is 54.8 Å². The summed E-state index contributed by atoms with van der Waals surface area (Å²) in [5.74, 6) is 0.732. The van der Waals surface area contributed by atoms with Gasteiger partial charge in [0, 0.05) is 50.2 Å². The van der Waals surface area contributed by atoms with Crippen LogP contribution in [-0.2, 0) is 11.3 Å². The molecule has 6 nitrogen and oxygen atoms in total. The molecule has 178 valence electrons. The Morgan fingerprint density at radius 3 is 2.26 bits per heavy atom. The minimum atomic E-state index is -0.0164. The summed E-state index contributed by atoms with van der Waals surface area (Å²) in [5.41, 5.74) is 3.34. The van der Waals surface area contributed by atoms with Crippen LogP contribution in [0.5, 0.6) is 5.75 Å². The van der Waals surface area contributed by atoms with E-state index in [4.69, 9.17) is 4.74 Å². The maximum absolute atomic E-state index is 13.8. The molecule has 0 aliphatic carbocycles. The van der Waals surface area contributed by atoms with Crippen molar-refractivity contribution in [3.05, 3.63) is 78.1 Å². The molecule has 1 aliphatic heterocycles. The number of amides is 2. The fraction of sp³-hybridized carbons (Fsp3) is 0.357. The van der Waals surface area contributed by atoms with Crippen molar-refractivity contribution in [3.63, 3.8) is 0 Å². The molecule has 0 saturated carbocycles. The van der Waals surface area contributed by atoms with Crippen LogP contribution in [0.4, 0.5) is 5.69 Å². The third-order valence-corrected chi connectivity index (χ3v) is 6.43. The highest BCUT2D eigenvalue weighted by Gasteiger charge is 2.22. The van der Waals surface area contributed by atoms with Crippen LogP contribution >= 0.6 is 0 Å². The van der Waals surface area contributed by atoms with Crippen LogP contribution < -0.4 is 9.64 Å². The molecule has 0 N–H and O–H groups in total. The van der Waals surface area contributed by atoms with Crippen molar-refractivity contribution in [3.8, 4) is 11.4 Å². The molecular formula is C28H33N3O3. The predicted octanol–water partition coefficient (Wildman–Crippen LogP) is 5.45. The van der Waals surface area contributed by atoms with Gasteiger partial charge >= 0.3 is 0 Å². The van der Waals surface area contributed by atoms with Gasteiger partial charge in [-0.25, -0.2) is 0 Å². The van der Waals surface area contributed by atoms with Gasteiger partial charge in [-0.05, 0) is 54.8 Å². The van der Waals surface area contributed by atoms with Gasteiger partial charge in [0.1, 0.15) is 5.75 Å². The van der Waals surface area contributed by atoms with Crippen LogP contribution in [0.15, 0.2) is 67.0 Å². The van der Waals surface area contributed by atoms with E-state index in [0.717, 1.165) is 49.0 Å². The summed E-state index contributed by atoms with van der Waals surface area (Å²) in [4.78, 5) is 30.0. The number of fused-ring (bicyclic) bond motifs is 1. The molecule has 34 heavy (non-hydrogen) atoms. The first-order chi connectivity index (χ1) is 16.6. The molecule has 0 spiro atoms. The second-order valence-electron chi connectivity index (χ2n) is 8.77. The lowest BCUT2D eigenvalue weighted by Gasteiger charge is -2.29. The normalized spacial score (nSPS) is 15.1. The molecule has 0 radical (unpaired) electrons. The Kier molecular flexibility index (Phi) is 7.68. The minimum absolute atomic E-state index is 0.0164. The number of anilines is 1. The number of nitrogens with zero attached hydrogens (tertiary/aromatic N) is 3. The van der Waals surface area contributed by atoms with Crippen LogP contribution in [0.2, 0.25) is 0 Å². The van der Waals surface area contributed by atoms with E-state index in [1.165, 1.54) is 0 Å². The van der Waals surface area contributed by atoms with Gasteiger partial charge < -0.3 is 19.1 Å². The molecule has 2 heterocycles. The monoisotopic (exact) mass is 459 g/mol. The van der Waals surface area contributed by atoms with Gasteiger partial charge in [-0.1, -0.05) is 37.5 Å². The summed E-state index contributed by atoms with van der Waals surface area (Å²) in [5, 5.41) is 0. The van der Waals surface area contributed by atoms with E-state index >= 15 is 0 Å². The smallest absolute Gasteiger partial charge is 0.254 e. The second-order valence-corrected chi connectivity index (χ2v) is 8.77. The Labute approximate surface area is 201 Å². The Balaban J connectivity index is 1.68. The second kappa shape index (κ2) is 11.1. The van der Waals surface area contributed by atoms with Gasteiger partial charge in [0.25, 0.3) is 5.91 Å². The molecule has 4 rings (SSSR count). The minimum Gasteiger partial charge on any atom is -0.495 e. The first-order valence-corrected chi connectivity index (χ1v) is 12.0. The summed E-state index contributed by atoms with van der Waals surface area (Å²) in [6, 6.07) is 17.4. The molecule has 6 heteroatoms. The van der Waals surface area contributed by atoms with Gasteiger partial charge in [0.05, 0.1) is 12.8 Å². The van der Waals surface area contributed by atoms with Crippen LogP contribution in [0.3, 0.4) is 0 Å². The van der Waals surface area contributed by atoms with Crippen LogP contribution in [0, 0.1) is 0 Å². The third-order valence-electron chi connectivity index (χ3n) is 6.43. The highest BCUT2D eigenvalue weighted by Crippen LogP contribution is 2.28. The van der Waals surface area contributed by atoms with Crippen molar-refractivity contribution >= 4 is 17.5 Å². The summed E-state index contributed by atoms with van der Waals surface area (Å²) in [7, 11) is 1.64. The van der Waals surface area contributed by atoms with Crippen LogP contribution in [-0.4, -0.2) is 41.5 Å². The van der Waals surface area contributed by atoms with Gasteiger partial charge in [-0.15, -0.1) is 0 Å². The number of carbonyl (C=O) groups is 2. The lowest BCUT2D eigenvalue weighted by Crippen LogP contribution is -2.34. The summed E-state index contributed by atoms with van der Waals surface area (Å²) in [6.45, 7) is 3.46. The standard InChI is InChI=1S/C28H33N3O3/c1-22(32)31-19-9-5-3-4-8-18-30(21-24-12-6-7-13-25(24)31)28(33)23-14-15-27(34-2)26(20-23)29-16-10-11-17-29/h6-7,10-17,20H,3-5,8-9,18-19,21H2,1-2H3. The summed E-state index contributed by atoms with van der Waals surface area (Å²) in [6.07, 6.45) is 9.09. The number of carbonyl (C=O) groups excluding carboxylic acids is 2. The fourth-order valence-corrected chi connectivity index (χ4v) is 4.62. The number of benzene rings is 2. The fourth-order valence-electron chi connectivity index (χ4n) is 4.62. The Bertz CT molecular complexity index is 1120. The van der Waals surface area contributed by atoms with Crippen molar-refractivity contribution in [1.29, 1.82) is 0 Å². The van der Waals surface area contributed by atoms with Crippen molar-refractivity contribution < 1.29 is 14.3 Å². The maximum Gasteiger partial charge on any atom is 0.254 e. The van der Waals surface area contributed by atoms with Crippen LogP contribution in [0.1, 0.15) is 54.9 Å². The molecular weight excluding hydrogens is 426 g/mol. The number of rotatable bonds is 3. The van der Waals surface area contributed by atoms with Crippen molar-refractivity contribution in [2.24, 2.45) is 0 Å². The Morgan fingerprint density at radius 2 is 1.53 bits per heavy atom. The Morgan fingerprint density at radius 1 is 0.824 bits per heavy atom. The predicted molar refractivity (Wildman–Crippen MR) is 135 cm³/mol. The summed E-state index contributed by atoms with van der Waals surface area (Å²) < 4.78 is 7.49. The van der Waals surface area contributed by atoms with Gasteiger partial charge in [0.2, 0.25) is 5.91 Å². The lowest BCUT2D eigenvalue weighted by atomic mass is 10.1. The van der Waals surface area contributed by atoms with E-state index in [1.54, 1.807) is 14.0 Å². The SMILES string of the molecule is COc1ccc(C(=O)N2CCCCCCCN(C(C)=O)c3ccccc3C2)cc1-n1cccc1. The zero-order valence-electron chi connectivity index (χ0n) is 20.1. The molecule has 3 aromatic rings. The zero-order chi connectivity index (χ0) is 23.9. The quantitative estimate of drug-likeness (QED) is 0.524. The third kappa shape index (κ3) is 5.33. The highest BCUT2D eigenvalue weighted by molar-refractivity contribution is 5.96. The first-order valence-electron chi connectivity index (χ1n) is 12.0. The maximum atomic E-state index is 13.8. The van der Waals surface area contributed by atoms with Gasteiger partial charge in [-0.2, -0.15) is 0 Å². The van der Waals surface area contributed by atoms with Crippen molar-refractivity contribution in [2.75, 3.05) is 25.1 Å². The van der Waals surface area contributed by atoms with E-state index in [-0.39, 0.29) is 11.8 Å². The number of hydrogen-bond donors (Lipinski definition) is 0. The molecule has 1 aromatic heterocycles. The molecule has 1 aliphatic rings. The molecule has 0 unspecified atom stereocenters. The average Bonchev–Trinajstić information content (AvgIpc) is 3.38. The first kappa shape index (κ1) is 23.6. The van der Waals surface area contributed by atoms with Crippen LogP contribution in [0.25, 0.3) is 5.69 Å². The Hall–Kier alpha value is -3.54. The van der Waals surface area contributed by atoms with E-state index in [9.17, 15) is 9.59 Å². The molecule has 0 atom stereocenters. The van der Waals surface area contributed by atoms with Gasteiger partial charge in [-0.3, -0.25) is 9.59 Å². The lowest BCUT2D eigenvalue weighted by molar-refractivity contribution is -0.116. The van der Waals surface area contributed by atoms with E-state index in [1.807, 2.05) is 81.4 Å². The van der Waals surface area contributed by atoms with Crippen molar-refractivity contribution in [1.82, 2.24) is 9.47 Å². The van der Waals surface area contributed by atoms with Crippen molar-refractivity contribution in [2.45, 2.75) is 45.6 Å². The molecule has 0 fully saturated rings. The summed E-state index contributed by atoms with van der Waals surface area (Å²) >= 11 is 0. The number of para-hydroxylation sites is 1. The average molecular weight is 460 g/mol. The number of ether oxygens (including phenoxy) is 1. The molecule has 2 amide bonds. The van der Waals surface area contributed by atoms with E-state index < -0.39 is 0 Å². The zero-order valence-corrected chi connectivity index (χ0v) is 20.1. The largest absolute Gasteiger partial charge is 0.495 e. The molecule has 2 aromatic carbocycles. The number of aromatic nitrogens is 1. The van der Waals surface area contributed by atoms with E-state index in [2.05, 4.69) is 0 Å².